The number of carbonyl (C=O) groups is 1. The molecule has 0 saturated heterocycles. The van der Waals surface area contributed by atoms with E-state index in [1.165, 1.54) is 11.1 Å². The highest BCUT2D eigenvalue weighted by atomic mass is 16.1. The fourth-order valence-corrected chi connectivity index (χ4v) is 1.69. The average Bonchev–Trinajstić information content (AvgIpc) is 2.18. The average molecular weight is 233 g/mol. The minimum atomic E-state index is -0.124. The van der Waals surface area contributed by atoms with E-state index in [0.717, 1.165) is 12.8 Å². The third kappa shape index (κ3) is 6.10. The molecule has 0 saturated carbocycles. The van der Waals surface area contributed by atoms with Crippen LogP contribution in [0.4, 0.5) is 0 Å². The van der Waals surface area contributed by atoms with Crippen molar-refractivity contribution in [2.24, 2.45) is 0 Å². The number of rotatable bonds is 4. The molecule has 0 aliphatic rings. The molecule has 0 aliphatic carbocycles. The maximum Gasteiger partial charge on any atom is 0.220 e. The minimum Gasteiger partial charge on any atom is -0.352 e. The Labute approximate surface area is 104 Å². The Bertz CT molecular complexity index is 360. The Balaban J connectivity index is 2.28. The van der Waals surface area contributed by atoms with Crippen molar-refractivity contribution in [2.75, 3.05) is 0 Å². The molecule has 2 nitrogen and oxygen atoms in total. The first-order valence-corrected chi connectivity index (χ1v) is 6.23. The van der Waals surface area contributed by atoms with Gasteiger partial charge in [0.05, 0.1) is 0 Å². The van der Waals surface area contributed by atoms with Gasteiger partial charge in [0.2, 0.25) is 5.91 Å². The quantitative estimate of drug-likeness (QED) is 0.850. The fraction of sp³-hybridized carbons (Fsp3) is 0.533. The molecule has 0 radical (unpaired) electrons. The monoisotopic (exact) mass is 233 g/mol. The summed E-state index contributed by atoms with van der Waals surface area (Å²) in [6.07, 6.45) is 2.48. The lowest BCUT2D eigenvalue weighted by molar-refractivity contribution is -0.122. The maximum absolute atomic E-state index is 11.6. The van der Waals surface area contributed by atoms with Crippen molar-refractivity contribution < 1.29 is 4.79 Å². The molecule has 94 valence electrons. The summed E-state index contributed by atoms with van der Waals surface area (Å²) >= 11 is 0. The van der Waals surface area contributed by atoms with Gasteiger partial charge in [-0.2, -0.15) is 0 Å². The number of hydrogen-bond acceptors (Lipinski definition) is 1. The molecule has 1 aromatic carbocycles. The predicted molar refractivity (Wildman–Crippen MR) is 72.0 cm³/mol. The van der Waals surface area contributed by atoms with Crippen LogP contribution in [0.3, 0.4) is 0 Å². The summed E-state index contributed by atoms with van der Waals surface area (Å²) in [5.74, 6) is 0.143. The van der Waals surface area contributed by atoms with Gasteiger partial charge in [-0.05, 0) is 46.1 Å². The number of nitrogens with one attached hydrogen (secondary N) is 1. The van der Waals surface area contributed by atoms with Gasteiger partial charge in [0.1, 0.15) is 0 Å². The van der Waals surface area contributed by atoms with Gasteiger partial charge >= 0.3 is 0 Å². The molecular weight excluding hydrogens is 210 g/mol. The molecule has 0 aliphatic heterocycles. The number of hydrogen-bond donors (Lipinski definition) is 1. The molecule has 0 fully saturated rings. The van der Waals surface area contributed by atoms with E-state index >= 15 is 0 Å². The number of amides is 1. The van der Waals surface area contributed by atoms with Crippen molar-refractivity contribution in [2.45, 2.75) is 52.5 Å². The molecular formula is C15H23NO. The van der Waals surface area contributed by atoms with Crippen molar-refractivity contribution in [3.8, 4) is 0 Å². The molecule has 0 bridgehead atoms. The SMILES string of the molecule is Cc1ccc(CCCC(=O)NC(C)(C)C)cc1. The Morgan fingerprint density at radius 2 is 1.76 bits per heavy atom. The van der Waals surface area contributed by atoms with Crippen LogP contribution < -0.4 is 5.32 Å². The lowest BCUT2D eigenvalue weighted by Crippen LogP contribution is -2.40. The molecule has 2 heteroatoms. The van der Waals surface area contributed by atoms with Crippen molar-refractivity contribution >= 4 is 5.91 Å². The van der Waals surface area contributed by atoms with Gasteiger partial charge in [0.15, 0.2) is 0 Å². The van der Waals surface area contributed by atoms with E-state index in [4.69, 9.17) is 0 Å². The van der Waals surface area contributed by atoms with Crippen LogP contribution in [-0.2, 0) is 11.2 Å². The first-order chi connectivity index (χ1) is 7.87. The zero-order valence-electron chi connectivity index (χ0n) is 11.3. The Hall–Kier alpha value is -1.31. The second-order valence-corrected chi connectivity index (χ2v) is 5.64. The summed E-state index contributed by atoms with van der Waals surface area (Å²) in [6, 6.07) is 8.50. The largest absolute Gasteiger partial charge is 0.352 e. The number of carbonyl (C=O) groups excluding carboxylic acids is 1. The van der Waals surface area contributed by atoms with Crippen molar-refractivity contribution in [3.63, 3.8) is 0 Å². The molecule has 1 amide bonds. The molecule has 17 heavy (non-hydrogen) atoms. The van der Waals surface area contributed by atoms with Gasteiger partial charge in [0.25, 0.3) is 0 Å². The molecule has 0 spiro atoms. The summed E-state index contributed by atoms with van der Waals surface area (Å²) in [4.78, 5) is 11.6. The van der Waals surface area contributed by atoms with Crippen LogP contribution in [0.25, 0.3) is 0 Å². The second-order valence-electron chi connectivity index (χ2n) is 5.64. The van der Waals surface area contributed by atoms with Gasteiger partial charge in [-0.3, -0.25) is 4.79 Å². The van der Waals surface area contributed by atoms with E-state index in [2.05, 4.69) is 36.5 Å². The summed E-state index contributed by atoms with van der Waals surface area (Å²) in [7, 11) is 0. The van der Waals surface area contributed by atoms with Crippen LogP contribution in [0.2, 0.25) is 0 Å². The van der Waals surface area contributed by atoms with Crippen molar-refractivity contribution in [1.29, 1.82) is 0 Å². The third-order valence-electron chi connectivity index (χ3n) is 2.50. The van der Waals surface area contributed by atoms with E-state index < -0.39 is 0 Å². The standard InChI is InChI=1S/C15H23NO/c1-12-8-10-13(11-9-12)6-5-7-14(17)16-15(2,3)4/h8-11H,5-7H2,1-4H3,(H,16,17). The van der Waals surface area contributed by atoms with Crippen LogP contribution in [0, 0.1) is 6.92 Å². The Kier molecular flexibility index (Phi) is 4.73. The lowest BCUT2D eigenvalue weighted by Gasteiger charge is -2.20. The second kappa shape index (κ2) is 5.85. The van der Waals surface area contributed by atoms with E-state index in [9.17, 15) is 4.79 Å². The van der Waals surface area contributed by atoms with Crippen LogP contribution in [-0.4, -0.2) is 11.4 Å². The van der Waals surface area contributed by atoms with Gasteiger partial charge < -0.3 is 5.32 Å². The van der Waals surface area contributed by atoms with Gasteiger partial charge in [-0.15, -0.1) is 0 Å². The highest BCUT2D eigenvalue weighted by Gasteiger charge is 2.12. The minimum absolute atomic E-state index is 0.124. The maximum atomic E-state index is 11.6. The van der Waals surface area contributed by atoms with Crippen molar-refractivity contribution in [1.82, 2.24) is 5.32 Å². The highest BCUT2D eigenvalue weighted by molar-refractivity contribution is 5.76. The number of benzene rings is 1. The van der Waals surface area contributed by atoms with E-state index in [1.807, 2.05) is 20.8 Å². The van der Waals surface area contributed by atoms with Crippen molar-refractivity contribution in [3.05, 3.63) is 35.4 Å². The molecule has 0 heterocycles. The first kappa shape index (κ1) is 13.8. The van der Waals surface area contributed by atoms with Crippen LogP contribution in [0.15, 0.2) is 24.3 Å². The lowest BCUT2D eigenvalue weighted by atomic mass is 10.1. The Morgan fingerprint density at radius 1 is 1.18 bits per heavy atom. The summed E-state index contributed by atoms with van der Waals surface area (Å²) in [5.41, 5.74) is 2.46. The van der Waals surface area contributed by atoms with Crippen LogP contribution >= 0.6 is 0 Å². The molecule has 0 unspecified atom stereocenters. The van der Waals surface area contributed by atoms with Crippen LogP contribution in [0.5, 0.6) is 0 Å². The first-order valence-electron chi connectivity index (χ1n) is 6.23. The zero-order valence-corrected chi connectivity index (χ0v) is 11.3. The fourth-order valence-electron chi connectivity index (χ4n) is 1.69. The summed E-state index contributed by atoms with van der Waals surface area (Å²) in [5, 5.41) is 2.98. The summed E-state index contributed by atoms with van der Waals surface area (Å²) < 4.78 is 0. The zero-order chi connectivity index (χ0) is 12.9. The molecule has 0 atom stereocenters. The molecule has 1 aromatic rings. The molecule has 1 rings (SSSR count). The predicted octanol–water partition coefficient (Wildman–Crippen LogP) is 3.23. The Morgan fingerprint density at radius 3 is 2.29 bits per heavy atom. The van der Waals surface area contributed by atoms with E-state index in [1.54, 1.807) is 0 Å². The van der Waals surface area contributed by atoms with Gasteiger partial charge in [-0.25, -0.2) is 0 Å². The van der Waals surface area contributed by atoms with Gasteiger partial charge in [0, 0.05) is 12.0 Å². The third-order valence-corrected chi connectivity index (χ3v) is 2.50. The molecule has 0 aromatic heterocycles. The molecule has 1 N–H and O–H groups in total. The normalized spacial score (nSPS) is 11.3. The smallest absolute Gasteiger partial charge is 0.220 e. The highest BCUT2D eigenvalue weighted by Crippen LogP contribution is 2.08. The summed E-state index contributed by atoms with van der Waals surface area (Å²) in [6.45, 7) is 8.10. The van der Waals surface area contributed by atoms with E-state index in [0.29, 0.717) is 6.42 Å². The topological polar surface area (TPSA) is 29.1 Å². The van der Waals surface area contributed by atoms with Gasteiger partial charge in [-0.1, -0.05) is 29.8 Å². The number of aryl methyl sites for hydroxylation is 2. The van der Waals surface area contributed by atoms with Crippen LogP contribution in [0.1, 0.15) is 44.7 Å². The van der Waals surface area contributed by atoms with E-state index in [-0.39, 0.29) is 11.4 Å².